The van der Waals surface area contributed by atoms with Gasteiger partial charge in [0.2, 0.25) is 0 Å². The number of hydrogen-bond donors (Lipinski definition) is 3. The second kappa shape index (κ2) is 6.96. The van der Waals surface area contributed by atoms with Gasteiger partial charge in [0.1, 0.15) is 0 Å². The summed E-state index contributed by atoms with van der Waals surface area (Å²) in [6.07, 6.45) is -4.08. The largest absolute Gasteiger partial charge is 0.481 e. The van der Waals surface area contributed by atoms with Crippen molar-refractivity contribution in [2.75, 3.05) is 11.9 Å². The SMILES string of the molecule is CCC(CNC(=O)Nc1ccc(C(F)(F)F)cc1)C(=O)O. The molecule has 116 valence electrons. The molecule has 0 fully saturated rings. The molecule has 0 aromatic heterocycles. The molecule has 0 radical (unpaired) electrons. The first-order valence-corrected chi connectivity index (χ1v) is 6.19. The van der Waals surface area contributed by atoms with Crippen molar-refractivity contribution in [3.05, 3.63) is 29.8 Å². The lowest BCUT2D eigenvalue weighted by Crippen LogP contribution is -2.35. The molecule has 8 heteroatoms. The van der Waals surface area contributed by atoms with Crippen LogP contribution in [0.25, 0.3) is 0 Å². The Bertz CT molecular complexity index is 500. The molecule has 0 spiro atoms. The van der Waals surface area contributed by atoms with Crippen LogP contribution in [-0.4, -0.2) is 23.7 Å². The van der Waals surface area contributed by atoms with Crippen LogP contribution in [0.4, 0.5) is 23.7 Å². The molecule has 5 nitrogen and oxygen atoms in total. The zero-order chi connectivity index (χ0) is 16.0. The normalized spacial score (nSPS) is 12.6. The predicted molar refractivity (Wildman–Crippen MR) is 69.9 cm³/mol. The number of aliphatic carboxylic acids is 1. The Hall–Kier alpha value is -2.25. The van der Waals surface area contributed by atoms with Gasteiger partial charge >= 0.3 is 18.2 Å². The number of carbonyl (C=O) groups is 2. The highest BCUT2D eigenvalue weighted by Gasteiger charge is 2.30. The molecule has 1 unspecified atom stereocenters. The van der Waals surface area contributed by atoms with Crippen LogP contribution in [0.5, 0.6) is 0 Å². The van der Waals surface area contributed by atoms with Gasteiger partial charge in [-0.2, -0.15) is 13.2 Å². The molecule has 2 amide bonds. The first kappa shape index (κ1) is 16.8. The molecule has 1 aromatic rings. The molecule has 21 heavy (non-hydrogen) atoms. The molecule has 0 heterocycles. The summed E-state index contributed by atoms with van der Waals surface area (Å²) in [6, 6.07) is 3.27. The number of anilines is 1. The van der Waals surface area contributed by atoms with Gasteiger partial charge < -0.3 is 15.7 Å². The van der Waals surface area contributed by atoms with Crippen LogP contribution in [0, 0.1) is 5.92 Å². The van der Waals surface area contributed by atoms with Crippen molar-refractivity contribution < 1.29 is 27.9 Å². The lowest BCUT2D eigenvalue weighted by Gasteiger charge is -2.12. The monoisotopic (exact) mass is 304 g/mol. The molecule has 0 aliphatic heterocycles. The smallest absolute Gasteiger partial charge is 0.416 e. The van der Waals surface area contributed by atoms with Crippen molar-refractivity contribution in [2.45, 2.75) is 19.5 Å². The van der Waals surface area contributed by atoms with Crippen molar-refractivity contribution in [3.8, 4) is 0 Å². The summed E-state index contributed by atoms with van der Waals surface area (Å²) in [7, 11) is 0. The minimum absolute atomic E-state index is 0.0572. The van der Waals surface area contributed by atoms with Gasteiger partial charge in [-0.1, -0.05) is 6.92 Å². The van der Waals surface area contributed by atoms with E-state index in [0.717, 1.165) is 24.3 Å². The van der Waals surface area contributed by atoms with Crippen LogP contribution in [-0.2, 0) is 11.0 Å². The highest BCUT2D eigenvalue weighted by molar-refractivity contribution is 5.89. The van der Waals surface area contributed by atoms with Gasteiger partial charge in [0.05, 0.1) is 11.5 Å². The van der Waals surface area contributed by atoms with E-state index in [1.54, 1.807) is 6.92 Å². The van der Waals surface area contributed by atoms with Crippen LogP contribution in [0.3, 0.4) is 0 Å². The number of rotatable bonds is 5. The van der Waals surface area contributed by atoms with Gasteiger partial charge in [-0.05, 0) is 30.7 Å². The van der Waals surface area contributed by atoms with Crippen LogP contribution >= 0.6 is 0 Å². The van der Waals surface area contributed by atoms with Crippen LogP contribution in [0.15, 0.2) is 24.3 Å². The Morgan fingerprint density at radius 2 is 1.81 bits per heavy atom. The summed E-state index contributed by atoms with van der Waals surface area (Å²) in [5.41, 5.74) is -0.630. The molecular formula is C13H15F3N2O3. The summed E-state index contributed by atoms with van der Waals surface area (Å²) in [6.45, 7) is 1.62. The fourth-order valence-corrected chi connectivity index (χ4v) is 1.54. The van der Waals surface area contributed by atoms with E-state index in [2.05, 4.69) is 10.6 Å². The maximum atomic E-state index is 12.4. The standard InChI is InChI=1S/C13H15F3N2O3/c1-2-8(11(19)20)7-17-12(21)18-10-5-3-9(4-6-10)13(14,15)16/h3-6,8H,2,7H2,1H3,(H,19,20)(H2,17,18,21). The van der Waals surface area contributed by atoms with Crippen molar-refractivity contribution in [1.29, 1.82) is 0 Å². The highest BCUT2D eigenvalue weighted by atomic mass is 19.4. The van der Waals surface area contributed by atoms with E-state index in [4.69, 9.17) is 5.11 Å². The molecule has 0 aliphatic rings. The topological polar surface area (TPSA) is 78.4 Å². The second-order valence-corrected chi connectivity index (χ2v) is 4.35. The van der Waals surface area contributed by atoms with Crippen LogP contribution in [0.1, 0.15) is 18.9 Å². The summed E-state index contributed by atoms with van der Waals surface area (Å²) >= 11 is 0. The zero-order valence-corrected chi connectivity index (χ0v) is 11.2. The molecular weight excluding hydrogens is 289 g/mol. The van der Waals surface area contributed by atoms with Crippen molar-refractivity contribution in [3.63, 3.8) is 0 Å². The summed E-state index contributed by atoms with van der Waals surface area (Å²) in [5.74, 6) is -1.73. The molecule has 3 N–H and O–H groups in total. The molecule has 0 saturated heterocycles. The lowest BCUT2D eigenvalue weighted by atomic mass is 10.1. The first-order valence-electron chi connectivity index (χ1n) is 6.19. The number of urea groups is 1. The Morgan fingerprint density at radius 1 is 1.24 bits per heavy atom. The molecule has 0 saturated carbocycles. The van der Waals surface area contributed by atoms with Crippen molar-refractivity contribution in [2.24, 2.45) is 5.92 Å². The van der Waals surface area contributed by atoms with Gasteiger partial charge in [0, 0.05) is 12.2 Å². The maximum Gasteiger partial charge on any atom is 0.416 e. The number of carboxylic acid groups (broad SMARTS) is 1. The van der Waals surface area contributed by atoms with E-state index >= 15 is 0 Å². The quantitative estimate of drug-likeness (QED) is 0.782. The van der Waals surface area contributed by atoms with Gasteiger partial charge in [-0.15, -0.1) is 0 Å². The van der Waals surface area contributed by atoms with Gasteiger partial charge in [-0.3, -0.25) is 4.79 Å². The van der Waals surface area contributed by atoms with E-state index in [-0.39, 0.29) is 12.2 Å². The Kier molecular flexibility index (Phi) is 5.57. The summed E-state index contributed by atoms with van der Waals surface area (Å²) < 4.78 is 37.1. The number of nitrogens with one attached hydrogen (secondary N) is 2. The van der Waals surface area contributed by atoms with Gasteiger partial charge in [-0.25, -0.2) is 4.79 Å². The zero-order valence-electron chi connectivity index (χ0n) is 11.2. The van der Waals surface area contributed by atoms with E-state index < -0.39 is 29.7 Å². The maximum absolute atomic E-state index is 12.4. The summed E-state index contributed by atoms with van der Waals surface area (Å²) in [4.78, 5) is 22.3. The summed E-state index contributed by atoms with van der Waals surface area (Å²) in [5, 5.41) is 13.5. The third-order valence-electron chi connectivity index (χ3n) is 2.82. The number of amides is 2. The van der Waals surface area contributed by atoms with Crippen molar-refractivity contribution >= 4 is 17.7 Å². The average molecular weight is 304 g/mol. The lowest BCUT2D eigenvalue weighted by molar-refractivity contribution is -0.141. The predicted octanol–water partition coefficient (Wildman–Crippen LogP) is 2.94. The fourth-order valence-electron chi connectivity index (χ4n) is 1.54. The number of halogens is 3. The Morgan fingerprint density at radius 3 is 2.24 bits per heavy atom. The van der Waals surface area contributed by atoms with Gasteiger partial charge in [0.15, 0.2) is 0 Å². The first-order chi connectivity index (χ1) is 9.74. The number of alkyl halides is 3. The Labute approximate surface area is 119 Å². The van der Waals surface area contributed by atoms with Crippen molar-refractivity contribution in [1.82, 2.24) is 5.32 Å². The third-order valence-corrected chi connectivity index (χ3v) is 2.82. The van der Waals surface area contributed by atoms with E-state index in [9.17, 15) is 22.8 Å². The number of carbonyl (C=O) groups excluding carboxylic acids is 1. The van der Waals surface area contributed by atoms with Crippen LogP contribution < -0.4 is 10.6 Å². The molecule has 0 bridgehead atoms. The van der Waals surface area contributed by atoms with E-state index in [0.29, 0.717) is 6.42 Å². The minimum atomic E-state index is -4.43. The van der Waals surface area contributed by atoms with Crippen LogP contribution in [0.2, 0.25) is 0 Å². The number of carboxylic acids is 1. The third kappa shape index (κ3) is 5.33. The van der Waals surface area contributed by atoms with Gasteiger partial charge in [0.25, 0.3) is 0 Å². The van der Waals surface area contributed by atoms with E-state index in [1.807, 2.05) is 0 Å². The molecule has 1 aromatic carbocycles. The fraction of sp³-hybridized carbons (Fsp3) is 0.385. The molecule has 0 aliphatic carbocycles. The number of hydrogen-bond acceptors (Lipinski definition) is 2. The van der Waals surface area contributed by atoms with E-state index in [1.165, 1.54) is 0 Å². The second-order valence-electron chi connectivity index (χ2n) is 4.35. The molecule has 1 rings (SSSR count). The minimum Gasteiger partial charge on any atom is -0.481 e. The average Bonchev–Trinajstić information content (AvgIpc) is 2.38. The number of benzene rings is 1. The highest BCUT2D eigenvalue weighted by Crippen LogP contribution is 2.29. The Balaban J connectivity index is 2.54. The molecule has 1 atom stereocenters.